The first-order chi connectivity index (χ1) is 8.31. The zero-order valence-electron chi connectivity index (χ0n) is 11.2. The maximum atomic E-state index is 3.65. The molecule has 1 unspecified atom stereocenters. The highest BCUT2D eigenvalue weighted by Crippen LogP contribution is 2.32. The number of hydrogen-bond donors (Lipinski definition) is 1. The Labute approximate surface area is 110 Å². The summed E-state index contributed by atoms with van der Waals surface area (Å²) in [6.45, 7) is 5.73. The van der Waals surface area contributed by atoms with E-state index >= 15 is 0 Å². The van der Waals surface area contributed by atoms with Gasteiger partial charge in [-0.1, -0.05) is 19.8 Å². The molecule has 0 fully saturated rings. The van der Waals surface area contributed by atoms with E-state index in [4.69, 9.17) is 0 Å². The van der Waals surface area contributed by atoms with Gasteiger partial charge in [-0.05, 0) is 57.2 Å². The first-order valence-electron chi connectivity index (χ1n) is 7.16. The lowest BCUT2D eigenvalue weighted by Gasteiger charge is -2.11. The highest BCUT2D eigenvalue weighted by Gasteiger charge is 2.15. The molecule has 0 saturated heterocycles. The molecule has 1 nitrogen and oxygen atoms in total. The van der Waals surface area contributed by atoms with Crippen LogP contribution in [0.3, 0.4) is 0 Å². The molecule has 0 spiro atoms. The van der Waals surface area contributed by atoms with E-state index < -0.39 is 0 Å². The first-order valence-corrected chi connectivity index (χ1v) is 7.97. The average Bonchev–Trinajstić information content (AvgIpc) is 2.78. The largest absolute Gasteiger partial charge is 0.309 e. The van der Waals surface area contributed by atoms with Crippen molar-refractivity contribution in [3.05, 3.63) is 21.4 Å². The number of hydrogen-bond acceptors (Lipinski definition) is 2. The van der Waals surface area contributed by atoms with Crippen molar-refractivity contribution in [2.45, 2.75) is 64.8 Å². The SMILES string of the molecule is CCCCCNC(C)c1cc2c(s1)CCCC2. The van der Waals surface area contributed by atoms with E-state index in [1.807, 2.05) is 11.3 Å². The van der Waals surface area contributed by atoms with Crippen molar-refractivity contribution in [3.8, 4) is 0 Å². The quantitative estimate of drug-likeness (QED) is 0.736. The van der Waals surface area contributed by atoms with E-state index in [9.17, 15) is 0 Å². The zero-order chi connectivity index (χ0) is 12.1. The summed E-state index contributed by atoms with van der Waals surface area (Å²) in [6.07, 6.45) is 9.39. The molecule has 2 rings (SSSR count). The molecule has 1 aromatic heterocycles. The molecule has 17 heavy (non-hydrogen) atoms. The molecule has 96 valence electrons. The van der Waals surface area contributed by atoms with Crippen LogP contribution in [-0.4, -0.2) is 6.54 Å². The van der Waals surface area contributed by atoms with E-state index in [0.717, 1.165) is 6.54 Å². The molecule has 2 heteroatoms. The van der Waals surface area contributed by atoms with Gasteiger partial charge < -0.3 is 5.32 Å². The van der Waals surface area contributed by atoms with Gasteiger partial charge in [0.2, 0.25) is 0 Å². The van der Waals surface area contributed by atoms with Crippen molar-refractivity contribution < 1.29 is 0 Å². The average molecular weight is 251 g/mol. The van der Waals surface area contributed by atoms with E-state index in [-0.39, 0.29) is 0 Å². The fourth-order valence-electron chi connectivity index (χ4n) is 2.52. The van der Waals surface area contributed by atoms with Gasteiger partial charge in [0.05, 0.1) is 0 Å². The second-order valence-electron chi connectivity index (χ2n) is 5.19. The molecule has 0 amide bonds. The van der Waals surface area contributed by atoms with E-state index in [2.05, 4.69) is 25.2 Å². The van der Waals surface area contributed by atoms with Gasteiger partial charge in [-0.3, -0.25) is 0 Å². The van der Waals surface area contributed by atoms with Crippen molar-refractivity contribution in [1.29, 1.82) is 0 Å². The maximum absolute atomic E-state index is 3.65. The van der Waals surface area contributed by atoms with Crippen molar-refractivity contribution >= 4 is 11.3 Å². The molecule has 0 bridgehead atoms. The van der Waals surface area contributed by atoms with Crippen LogP contribution < -0.4 is 5.32 Å². The van der Waals surface area contributed by atoms with Crippen molar-refractivity contribution in [1.82, 2.24) is 5.32 Å². The second kappa shape index (κ2) is 6.55. The van der Waals surface area contributed by atoms with Gasteiger partial charge in [-0.2, -0.15) is 0 Å². The fourth-order valence-corrected chi connectivity index (χ4v) is 3.81. The van der Waals surface area contributed by atoms with Crippen molar-refractivity contribution in [3.63, 3.8) is 0 Å². The van der Waals surface area contributed by atoms with Crippen LogP contribution in [0.5, 0.6) is 0 Å². The molecule has 0 aromatic carbocycles. The summed E-state index contributed by atoms with van der Waals surface area (Å²) < 4.78 is 0. The molecule has 1 aromatic rings. The summed E-state index contributed by atoms with van der Waals surface area (Å²) in [5, 5.41) is 3.65. The summed E-state index contributed by atoms with van der Waals surface area (Å²) in [6, 6.07) is 3.00. The molecule has 1 heterocycles. The lowest BCUT2D eigenvalue weighted by atomic mass is 9.99. The van der Waals surface area contributed by atoms with E-state index in [0.29, 0.717) is 6.04 Å². The van der Waals surface area contributed by atoms with Crippen LogP contribution in [0.25, 0.3) is 0 Å². The molecule has 1 N–H and O–H groups in total. The summed E-state index contributed by atoms with van der Waals surface area (Å²) >= 11 is 2.04. The van der Waals surface area contributed by atoms with Gasteiger partial charge in [-0.15, -0.1) is 11.3 Å². The molecule has 0 saturated carbocycles. The molecule has 0 aliphatic heterocycles. The van der Waals surface area contributed by atoms with Crippen LogP contribution in [0.15, 0.2) is 6.07 Å². The summed E-state index contributed by atoms with van der Waals surface area (Å²) in [7, 11) is 0. The standard InChI is InChI=1S/C15H25NS/c1-3-4-7-10-16-12(2)15-11-13-8-5-6-9-14(13)17-15/h11-12,16H,3-10H2,1-2H3. The topological polar surface area (TPSA) is 12.0 Å². The Morgan fingerprint density at radius 2 is 2.12 bits per heavy atom. The smallest absolute Gasteiger partial charge is 0.0386 e. The van der Waals surface area contributed by atoms with E-state index in [1.165, 1.54) is 44.9 Å². The Hall–Kier alpha value is -0.340. The number of unbranched alkanes of at least 4 members (excludes halogenated alkanes) is 2. The molecule has 1 aliphatic rings. The maximum Gasteiger partial charge on any atom is 0.0386 e. The van der Waals surface area contributed by atoms with Gasteiger partial charge in [0.1, 0.15) is 0 Å². The Morgan fingerprint density at radius 1 is 1.29 bits per heavy atom. The van der Waals surface area contributed by atoms with Gasteiger partial charge in [0.25, 0.3) is 0 Å². The monoisotopic (exact) mass is 251 g/mol. The minimum atomic E-state index is 0.544. The molecular formula is C15H25NS. The number of thiophene rings is 1. The summed E-state index contributed by atoms with van der Waals surface area (Å²) in [5.41, 5.74) is 1.64. The first kappa shape index (κ1) is 13.1. The fraction of sp³-hybridized carbons (Fsp3) is 0.733. The highest BCUT2D eigenvalue weighted by atomic mass is 32.1. The number of fused-ring (bicyclic) bond motifs is 1. The zero-order valence-corrected chi connectivity index (χ0v) is 12.0. The molecular weight excluding hydrogens is 226 g/mol. The molecule has 1 atom stereocenters. The summed E-state index contributed by atoms with van der Waals surface area (Å²) in [4.78, 5) is 3.21. The Bertz CT molecular complexity index is 319. The lowest BCUT2D eigenvalue weighted by Crippen LogP contribution is -2.18. The third-order valence-corrected chi connectivity index (χ3v) is 5.09. The molecule has 1 aliphatic carbocycles. The second-order valence-corrected chi connectivity index (χ2v) is 6.36. The predicted molar refractivity (Wildman–Crippen MR) is 76.9 cm³/mol. The lowest BCUT2D eigenvalue weighted by molar-refractivity contribution is 0.549. The van der Waals surface area contributed by atoms with Gasteiger partial charge >= 0.3 is 0 Å². The normalized spacial score (nSPS) is 16.8. The third-order valence-electron chi connectivity index (χ3n) is 3.67. The van der Waals surface area contributed by atoms with Crippen LogP contribution in [0.2, 0.25) is 0 Å². The number of aryl methyl sites for hydroxylation is 2. The predicted octanol–water partition coefficient (Wildman–Crippen LogP) is 4.47. The minimum absolute atomic E-state index is 0.544. The van der Waals surface area contributed by atoms with E-state index in [1.54, 1.807) is 15.3 Å². The Balaban J connectivity index is 1.86. The van der Waals surface area contributed by atoms with Crippen LogP contribution in [0.1, 0.15) is 67.3 Å². The van der Waals surface area contributed by atoms with Crippen LogP contribution in [0.4, 0.5) is 0 Å². The van der Waals surface area contributed by atoms with Crippen molar-refractivity contribution in [2.75, 3.05) is 6.54 Å². The molecule has 0 radical (unpaired) electrons. The Morgan fingerprint density at radius 3 is 2.88 bits per heavy atom. The highest BCUT2D eigenvalue weighted by molar-refractivity contribution is 7.12. The van der Waals surface area contributed by atoms with Crippen LogP contribution >= 0.6 is 11.3 Å². The van der Waals surface area contributed by atoms with Crippen LogP contribution in [0, 0.1) is 0 Å². The minimum Gasteiger partial charge on any atom is -0.309 e. The number of nitrogens with one attached hydrogen (secondary N) is 1. The van der Waals surface area contributed by atoms with Crippen molar-refractivity contribution in [2.24, 2.45) is 0 Å². The van der Waals surface area contributed by atoms with Gasteiger partial charge in [0.15, 0.2) is 0 Å². The van der Waals surface area contributed by atoms with Gasteiger partial charge in [-0.25, -0.2) is 0 Å². The Kier molecular flexibility index (Phi) is 5.05. The van der Waals surface area contributed by atoms with Gasteiger partial charge in [0, 0.05) is 15.8 Å². The number of rotatable bonds is 6. The third kappa shape index (κ3) is 3.56. The summed E-state index contributed by atoms with van der Waals surface area (Å²) in [5.74, 6) is 0. The van der Waals surface area contributed by atoms with Crippen LogP contribution in [-0.2, 0) is 12.8 Å².